The van der Waals surface area contributed by atoms with Gasteiger partial charge >= 0.3 is 6.03 Å². The Bertz CT molecular complexity index is 964. The highest BCUT2D eigenvalue weighted by molar-refractivity contribution is 7.16. The number of thiazole rings is 1. The lowest BCUT2D eigenvalue weighted by Gasteiger charge is -2.20. The molecule has 1 aliphatic carbocycles. The van der Waals surface area contributed by atoms with Crippen molar-refractivity contribution in [3.63, 3.8) is 0 Å². The minimum atomic E-state index is -0.881. The molecule has 1 saturated heterocycles. The third-order valence-corrected chi connectivity index (χ3v) is 6.25. The second-order valence-corrected chi connectivity index (χ2v) is 8.84. The molecular weight excluding hydrogens is 376 g/mol. The fourth-order valence-electron chi connectivity index (χ4n) is 3.53. The van der Waals surface area contributed by atoms with Gasteiger partial charge in [-0.3, -0.25) is 14.5 Å². The van der Waals surface area contributed by atoms with Crippen LogP contribution in [0.3, 0.4) is 0 Å². The van der Waals surface area contributed by atoms with Gasteiger partial charge in [0.25, 0.3) is 5.91 Å². The van der Waals surface area contributed by atoms with Crippen molar-refractivity contribution in [3.8, 4) is 11.3 Å². The average Bonchev–Trinajstić information content (AvgIpc) is 3.40. The maximum Gasteiger partial charge on any atom is 0.325 e. The summed E-state index contributed by atoms with van der Waals surface area (Å²) in [6, 6.07) is 7.51. The highest BCUT2D eigenvalue weighted by Crippen LogP contribution is 2.42. The van der Waals surface area contributed by atoms with E-state index in [1.165, 1.54) is 11.3 Å². The van der Waals surface area contributed by atoms with Crippen LogP contribution in [0.15, 0.2) is 24.3 Å². The summed E-state index contributed by atoms with van der Waals surface area (Å²) in [5.74, 6) is -0.603. The highest BCUT2D eigenvalue weighted by Gasteiger charge is 2.56. The number of hydrogen-bond donors (Lipinski definition) is 2. The van der Waals surface area contributed by atoms with E-state index in [1.54, 1.807) is 6.92 Å². The molecule has 2 heterocycles. The average molecular weight is 398 g/mol. The van der Waals surface area contributed by atoms with Gasteiger partial charge in [0.05, 0.1) is 5.69 Å². The summed E-state index contributed by atoms with van der Waals surface area (Å²) >= 11 is 1.37. The van der Waals surface area contributed by atoms with Gasteiger partial charge in [0.1, 0.15) is 12.1 Å². The lowest BCUT2D eigenvalue weighted by Crippen LogP contribution is -2.46. The molecule has 4 rings (SSSR count). The standard InChI is InChI=1S/C20H22N4O3S/c1-11-4-6-13(7-5-11)16-12(2)28-18(22-16)21-15(25)10-24-17(26)20(3,14-8-9-14)23-19(24)27/h4-7,14H,8-10H2,1-3H3,(H,23,27)(H,21,22,25). The molecule has 1 unspecified atom stereocenters. The van der Waals surface area contributed by atoms with E-state index in [0.29, 0.717) is 5.13 Å². The SMILES string of the molecule is Cc1ccc(-c2nc(NC(=O)CN3C(=O)NC(C)(C4CC4)C3=O)sc2C)cc1. The zero-order valence-corrected chi connectivity index (χ0v) is 16.9. The number of urea groups is 1. The van der Waals surface area contributed by atoms with Crippen LogP contribution in [0.5, 0.6) is 0 Å². The van der Waals surface area contributed by atoms with Crippen molar-refractivity contribution >= 4 is 34.3 Å². The molecule has 8 heteroatoms. The van der Waals surface area contributed by atoms with E-state index >= 15 is 0 Å². The van der Waals surface area contributed by atoms with Crippen LogP contribution in [0.2, 0.25) is 0 Å². The van der Waals surface area contributed by atoms with E-state index in [1.807, 2.05) is 38.1 Å². The smallest absolute Gasteiger partial charge is 0.323 e. The molecule has 146 valence electrons. The first-order valence-corrected chi connectivity index (χ1v) is 10.1. The number of nitrogens with one attached hydrogen (secondary N) is 2. The molecule has 4 amide bonds. The Morgan fingerprint density at radius 2 is 1.96 bits per heavy atom. The maximum absolute atomic E-state index is 12.6. The summed E-state index contributed by atoms with van der Waals surface area (Å²) in [5, 5.41) is 5.92. The van der Waals surface area contributed by atoms with Crippen LogP contribution in [-0.2, 0) is 9.59 Å². The molecule has 2 aromatic rings. The molecule has 0 radical (unpaired) electrons. The van der Waals surface area contributed by atoms with Crippen molar-refractivity contribution < 1.29 is 14.4 Å². The van der Waals surface area contributed by atoms with Gasteiger partial charge in [-0.25, -0.2) is 9.78 Å². The van der Waals surface area contributed by atoms with Crippen molar-refractivity contribution in [1.29, 1.82) is 0 Å². The van der Waals surface area contributed by atoms with Crippen molar-refractivity contribution in [2.45, 2.75) is 39.2 Å². The second kappa shape index (κ2) is 6.70. The number of amides is 4. The molecule has 1 saturated carbocycles. The zero-order chi connectivity index (χ0) is 20.1. The number of rotatable bonds is 5. The predicted octanol–water partition coefficient (Wildman–Crippen LogP) is 3.09. The van der Waals surface area contributed by atoms with Crippen LogP contribution < -0.4 is 10.6 Å². The Kier molecular flexibility index (Phi) is 4.45. The maximum atomic E-state index is 12.6. The molecule has 1 aliphatic heterocycles. The van der Waals surface area contributed by atoms with Gasteiger partial charge in [0.15, 0.2) is 5.13 Å². The molecule has 1 aromatic carbocycles. The number of imide groups is 1. The Hall–Kier alpha value is -2.74. The highest BCUT2D eigenvalue weighted by atomic mass is 32.1. The monoisotopic (exact) mass is 398 g/mol. The van der Waals surface area contributed by atoms with E-state index in [-0.39, 0.29) is 18.4 Å². The second-order valence-electron chi connectivity index (χ2n) is 7.64. The molecule has 0 spiro atoms. The van der Waals surface area contributed by atoms with Crippen molar-refractivity contribution in [2.24, 2.45) is 5.92 Å². The number of hydrogen-bond acceptors (Lipinski definition) is 5. The van der Waals surface area contributed by atoms with E-state index in [9.17, 15) is 14.4 Å². The van der Waals surface area contributed by atoms with Crippen LogP contribution in [0, 0.1) is 19.8 Å². The quantitative estimate of drug-likeness (QED) is 0.757. The first-order valence-electron chi connectivity index (χ1n) is 9.26. The van der Waals surface area contributed by atoms with E-state index in [4.69, 9.17) is 0 Å². The van der Waals surface area contributed by atoms with Crippen LogP contribution in [-0.4, -0.2) is 39.8 Å². The number of carbonyl (C=O) groups excluding carboxylic acids is 3. The van der Waals surface area contributed by atoms with E-state index in [2.05, 4.69) is 15.6 Å². The number of aromatic nitrogens is 1. The van der Waals surface area contributed by atoms with Crippen molar-refractivity contribution in [3.05, 3.63) is 34.7 Å². The van der Waals surface area contributed by atoms with Crippen LogP contribution in [0.4, 0.5) is 9.93 Å². The molecule has 0 bridgehead atoms. The van der Waals surface area contributed by atoms with Gasteiger partial charge < -0.3 is 10.6 Å². The Labute approximate surface area is 167 Å². The van der Waals surface area contributed by atoms with Crippen LogP contribution in [0.1, 0.15) is 30.2 Å². The van der Waals surface area contributed by atoms with Gasteiger partial charge in [-0.1, -0.05) is 29.8 Å². The van der Waals surface area contributed by atoms with Gasteiger partial charge in [-0.05, 0) is 39.5 Å². The number of nitrogens with zero attached hydrogens (tertiary/aromatic N) is 2. The van der Waals surface area contributed by atoms with Gasteiger partial charge in [0, 0.05) is 10.4 Å². The van der Waals surface area contributed by atoms with Crippen LogP contribution in [0.25, 0.3) is 11.3 Å². The van der Waals surface area contributed by atoms with Crippen molar-refractivity contribution in [2.75, 3.05) is 11.9 Å². The molecule has 7 nitrogen and oxygen atoms in total. The summed E-state index contributed by atoms with van der Waals surface area (Å²) in [4.78, 5) is 43.7. The number of anilines is 1. The summed E-state index contributed by atoms with van der Waals surface area (Å²) in [5.41, 5.74) is 2.08. The van der Waals surface area contributed by atoms with E-state index < -0.39 is 17.5 Å². The third kappa shape index (κ3) is 3.28. The van der Waals surface area contributed by atoms with Crippen molar-refractivity contribution in [1.82, 2.24) is 15.2 Å². The molecule has 1 atom stereocenters. The normalized spacial score (nSPS) is 21.8. The predicted molar refractivity (Wildman–Crippen MR) is 107 cm³/mol. The number of carbonyl (C=O) groups is 3. The summed E-state index contributed by atoms with van der Waals surface area (Å²) in [7, 11) is 0. The lowest BCUT2D eigenvalue weighted by atomic mass is 9.96. The lowest BCUT2D eigenvalue weighted by molar-refractivity contribution is -0.134. The Morgan fingerprint density at radius 1 is 1.29 bits per heavy atom. The molecule has 2 N–H and O–H groups in total. The van der Waals surface area contributed by atoms with Crippen LogP contribution >= 0.6 is 11.3 Å². The number of aryl methyl sites for hydroxylation is 2. The Balaban J connectivity index is 1.44. The first kappa shape index (κ1) is 18.6. The minimum absolute atomic E-state index is 0.163. The topological polar surface area (TPSA) is 91.4 Å². The van der Waals surface area contributed by atoms with Gasteiger partial charge in [0.2, 0.25) is 5.91 Å². The summed E-state index contributed by atoms with van der Waals surface area (Å²) in [6.07, 6.45) is 1.84. The molecule has 2 aliphatic rings. The molecule has 2 fully saturated rings. The van der Waals surface area contributed by atoms with E-state index in [0.717, 1.165) is 39.4 Å². The van der Waals surface area contributed by atoms with Gasteiger partial charge in [-0.2, -0.15) is 0 Å². The van der Waals surface area contributed by atoms with Gasteiger partial charge in [-0.15, -0.1) is 11.3 Å². The first-order chi connectivity index (χ1) is 13.3. The minimum Gasteiger partial charge on any atom is -0.323 e. The summed E-state index contributed by atoms with van der Waals surface area (Å²) in [6.45, 7) is 5.39. The number of benzene rings is 1. The summed E-state index contributed by atoms with van der Waals surface area (Å²) < 4.78 is 0. The largest absolute Gasteiger partial charge is 0.325 e. The molecular formula is C20H22N4O3S. The molecule has 28 heavy (non-hydrogen) atoms. The third-order valence-electron chi connectivity index (χ3n) is 5.36. The molecule has 1 aromatic heterocycles. The zero-order valence-electron chi connectivity index (χ0n) is 16.0. The fourth-order valence-corrected chi connectivity index (χ4v) is 4.38. The Morgan fingerprint density at radius 3 is 2.61 bits per heavy atom. The fraction of sp³-hybridized carbons (Fsp3) is 0.400.